The summed E-state index contributed by atoms with van der Waals surface area (Å²) in [5, 5.41) is 3.68. The van der Waals surface area contributed by atoms with Crippen LogP contribution in [0.5, 0.6) is 5.75 Å². The minimum Gasteiger partial charge on any atom is -0.465 e. The molecule has 160 valence electrons. The van der Waals surface area contributed by atoms with E-state index < -0.39 is 11.9 Å². The number of methoxy groups -OCH3 is 1. The second-order valence-electron chi connectivity index (χ2n) is 8.07. The zero-order valence-corrected chi connectivity index (χ0v) is 17.7. The summed E-state index contributed by atoms with van der Waals surface area (Å²) in [6.07, 6.45) is 5.44. The van der Waals surface area contributed by atoms with E-state index >= 15 is 0 Å². The van der Waals surface area contributed by atoms with Gasteiger partial charge in [-0.25, -0.2) is 9.59 Å². The first kappa shape index (κ1) is 20.1. The Morgan fingerprint density at radius 3 is 2.53 bits per heavy atom. The summed E-state index contributed by atoms with van der Waals surface area (Å²) in [5.74, 6) is -0.257. The molecule has 5 heteroatoms. The highest BCUT2D eigenvalue weighted by molar-refractivity contribution is 5.96. The fourth-order valence-electron chi connectivity index (χ4n) is 4.70. The Labute approximate surface area is 186 Å². The number of carbonyl (C=O) groups is 2. The van der Waals surface area contributed by atoms with Crippen LogP contribution in [-0.2, 0) is 4.74 Å². The number of rotatable bonds is 4. The van der Waals surface area contributed by atoms with E-state index in [0.717, 1.165) is 17.7 Å². The third-order valence-corrected chi connectivity index (χ3v) is 6.25. The van der Waals surface area contributed by atoms with Crippen molar-refractivity contribution in [3.05, 3.63) is 107 Å². The maximum absolute atomic E-state index is 12.9. The van der Waals surface area contributed by atoms with Gasteiger partial charge in [0.15, 0.2) is 0 Å². The van der Waals surface area contributed by atoms with E-state index in [1.54, 1.807) is 30.3 Å². The molecule has 3 aromatic carbocycles. The van der Waals surface area contributed by atoms with Gasteiger partial charge in [-0.15, -0.1) is 0 Å². The minimum absolute atomic E-state index is 0.183. The van der Waals surface area contributed by atoms with Gasteiger partial charge < -0.3 is 14.8 Å². The van der Waals surface area contributed by atoms with Crippen LogP contribution in [0.2, 0.25) is 0 Å². The van der Waals surface area contributed by atoms with Crippen molar-refractivity contribution >= 4 is 17.6 Å². The molecule has 0 aromatic heterocycles. The van der Waals surface area contributed by atoms with Gasteiger partial charge in [-0.05, 0) is 53.8 Å². The zero-order valence-electron chi connectivity index (χ0n) is 17.7. The number of esters is 2. The molecule has 1 heterocycles. The molecule has 0 radical (unpaired) electrons. The number of nitrogens with one attached hydrogen (secondary N) is 1. The van der Waals surface area contributed by atoms with Gasteiger partial charge in [0.05, 0.1) is 18.7 Å². The lowest BCUT2D eigenvalue weighted by Crippen LogP contribution is -2.29. The average Bonchev–Trinajstić information content (AvgIpc) is 3.34. The molecule has 32 heavy (non-hydrogen) atoms. The van der Waals surface area contributed by atoms with Gasteiger partial charge in [-0.3, -0.25) is 0 Å². The van der Waals surface area contributed by atoms with Crippen molar-refractivity contribution in [2.45, 2.75) is 18.4 Å². The van der Waals surface area contributed by atoms with Crippen molar-refractivity contribution in [2.24, 2.45) is 5.92 Å². The van der Waals surface area contributed by atoms with Gasteiger partial charge in [0, 0.05) is 11.6 Å². The van der Waals surface area contributed by atoms with Crippen molar-refractivity contribution in [1.29, 1.82) is 0 Å². The van der Waals surface area contributed by atoms with Gasteiger partial charge in [0.25, 0.3) is 0 Å². The highest BCUT2D eigenvalue weighted by Crippen LogP contribution is 2.49. The normalized spacial score (nSPS) is 20.6. The van der Waals surface area contributed by atoms with Crippen LogP contribution in [0.4, 0.5) is 5.69 Å². The van der Waals surface area contributed by atoms with Crippen molar-refractivity contribution < 1.29 is 19.1 Å². The Bertz CT molecular complexity index is 1200. The van der Waals surface area contributed by atoms with Crippen LogP contribution in [0.3, 0.4) is 0 Å². The number of carbonyl (C=O) groups excluding carboxylic acids is 2. The quantitative estimate of drug-likeness (QED) is 0.339. The largest absolute Gasteiger partial charge is 0.465 e. The van der Waals surface area contributed by atoms with Crippen LogP contribution in [0.25, 0.3) is 0 Å². The summed E-state index contributed by atoms with van der Waals surface area (Å²) in [5.41, 5.74) is 4.04. The number of anilines is 1. The van der Waals surface area contributed by atoms with Crippen LogP contribution < -0.4 is 10.1 Å². The molecule has 0 spiro atoms. The summed E-state index contributed by atoms with van der Waals surface area (Å²) in [7, 11) is 1.30. The van der Waals surface area contributed by atoms with Crippen molar-refractivity contribution in [2.75, 3.05) is 12.4 Å². The summed E-state index contributed by atoms with van der Waals surface area (Å²) in [6, 6.07) is 22.9. The molecule has 0 saturated carbocycles. The monoisotopic (exact) mass is 425 g/mol. The summed E-state index contributed by atoms with van der Waals surface area (Å²) in [4.78, 5) is 24.9. The van der Waals surface area contributed by atoms with E-state index in [1.165, 1.54) is 12.7 Å². The predicted octanol–water partition coefficient (Wildman–Crippen LogP) is 5.52. The lowest BCUT2D eigenvalue weighted by molar-refractivity contribution is 0.0593. The Hall–Kier alpha value is -3.86. The Balaban J connectivity index is 1.44. The number of fused-ring (bicyclic) bond motifs is 3. The fraction of sp³-hybridized carbons (Fsp3) is 0.185. The molecule has 0 saturated heterocycles. The summed E-state index contributed by atoms with van der Waals surface area (Å²) < 4.78 is 10.4. The van der Waals surface area contributed by atoms with Crippen LogP contribution in [-0.4, -0.2) is 19.0 Å². The second-order valence-corrected chi connectivity index (χ2v) is 8.07. The van der Waals surface area contributed by atoms with Gasteiger partial charge in [-0.2, -0.15) is 0 Å². The Morgan fingerprint density at radius 2 is 1.72 bits per heavy atom. The third-order valence-electron chi connectivity index (χ3n) is 6.25. The predicted molar refractivity (Wildman–Crippen MR) is 122 cm³/mol. The maximum atomic E-state index is 12.9. The molecular weight excluding hydrogens is 402 g/mol. The Kier molecular flexibility index (Phi) is 5.23. The van der Waals surface area contributed by atoms with E-state index in [2.05, 4.69) is 41.7 Å². The lowest BCUT2D eigenvalue weighted by Gasteiger charge is -2.37. The molecule has 5 rings (SSSR count). The SMILES string of the molecule is COC(=O)c1ccccc1OC(=O)c1ccc2c(c1)[C@@H]1C=CC[C@H]1[C@H](c1ccccc1)N2. The third kappa shape index (κ3) is 3.56. The minimum atomic E-state index is -0.547. The standard InChI is InChI=1S/C27H23NO4/c1-31-27(30)21-10-5-6-13-24(21)32-26(29)18-14-15-23-22(16-18)19-11-7-12-20(19)25(28-23)17-8-3-2-4-9-17/h2-11,13-16,19-20,25,28H,12H2,1H3/t19-,20-,25+/m1/s1. The second kappa shape index (κ2) is 8.35. The smallest absolute Gasteiger partial charge is 0.343 e. The van der Waals surface area contributed by atoms with Crippen LogP contribution in [0.1, 0.15) is 50.2 Å². The highest BCUT2D eigenvalue weighted by Gasteiger charge is 2.38. The average molecular weight is 425 g/mol. The molecule has 2 aliphatic rings. The van der Waals surface area contributed by atoms with Gasteiger partial charge in [0.1, 0.15) is 11.3 Å². The van der Waals surface area contributed by atoms with Crippen molar-refractivity contribution in [1.82, 2.24) is 0 Å². The first-order valence-electron chi connectivity index (χ1n) is 10.7. The molecule has 0 fully saturated rings. The molecule has 0 bridgehead atoms. The fourth-order valence-corrected chi connectivity index (χ4v) is 4.70. The van der Waals surface area contributed by atoms with Gasteiger partial charge in [-0.1, -0.05) is 54.6 Å². The summed E-state index contributed by atoms with van der Waals surface area (Å²) >= 11 is 0. The zero-order chi connectivity index (χ0) is 22.1. The van der Waals surface area contributed by atoms with Crippen molar-refractivity contribution in [3.63, 3.8) is 0 Å². The van der Waals surface area contributed by atoms with Crippen molar-refractivity contribution in [3.8, 4) is 5.75 Å². The molecular formula is C27H23NO4. The first-order valence-corrected chi connectivity index (χ1v) is 10.7. The van der Waals surface area contributed by atoms with Crippen LogP contribution >= 0.6 is 0 Å². The number of ether oxygens (including phenoxy) is 2. The number of para-hydroxylation sites is 1. The van der Waals surface area contributed by atoms with E-state index in [-0.39, 0.29) is 23.3 Å². The van der Waals surface area contributed by atoms with E-state index in [4.69, 9.17) is 9.47 Å². The molecule has 1 aliphatic heterocycles. The van der Waals surface area contributed by atoms with Gasteiger partial charge in [0.2, 0.25) is 0 Å². The number of allylic oxidation sites excluding steroid dienone is 2. The van der Waals surface area contributed by atoms with Crippen LogP contribution in [0, 0.1) is 5.92 Å². The number of hydrogen-bond donors (Lipinski definition) is 1. The topological polar surface area (TPSA) is 64.6 Å². The lowest BCUT2D eigenvalue weighted by atomic mass is 9.76. The molecule has 1 aliphatic carbocycles. The molecule has 3 atom stereocenters. The van der Waals surface area contributed by atoms with E-state index in [0.29, 0.717) is 11.5 Å². The summed E-state index contributed by atoms with van der Waals surface area (Å²) in [6.45, 7) is 0. The van der Waals surface area contributed by atoms with Gasteiger partial charge >= 0.3 is 11.9 Å². The number of hydrogen-bond acceptors (Lipinski definition) is 5. The maximum Gasteiger partial charge on any atom is 0.343 e. The number of benzene rings is 3. The molecule has 0 unspecified atom stereocenters. The molecule has 3 aromatic rings. The first-order chi connectivity index (χ1) is 15.7. The highest BCUT2D eigenvalue weighted by atomic mass is 16.5. The Morgan fingerprint density at radius 1 is 0.938 bits per heavy atom. The molecule has 1 N–H and O–H groups in total. The van der Waals surface area contributed by atoms with E-state index in [1.807, 2.05) is 18.2 Å². The van der Waals surface area contributed by atoms with Crippen LogP contribution in [0.15, 0.2) is 84.9 Å². The van der Waals surface area contributed by atoms with E-state index in [9.17, 15) is 9.59 Å². The molecule has 0 amide bonds. The molecule has 5 nitrogen and oxygen atoms in total.